The molecule has 2 bridgehead atoms. The van der Waals surface area contributed by atoms with Crippen LogP contribution in [0.15, 0.2) is 0 Å². The summed E-state index contributed by atoms with van der Waals surface area (Å²) >= 11 is 0. The molecule has 0 aromatic rings. The molecule has 2 aliphatic carbocycles. The van der Waals surface area contributed by atoms with Crippen LogP contribution in [0.2, 0.25) is 0 Å². The van der Waals surface area contributed by atoms with Crippen molar-refractivity contribution in [2.45, 2.75) is 31.2 Å². The normalized spacial score (nSPS) is 36.9. The predicted molar refractivity (Wildman–Crippen MR) is 63.6 cm³/mol. The highest BCUT2D eigenvalue weighted by Gasteiger charge is 2.63. The Morgan fingerprint density at radius 1 is 1.39 bits per heavy atom. The molecule has 1 heterocycles. The van der Waals surface area contributed by atoms with Gasteiger partial charge in [-0.25, -0.2) is 8.42 Å². The van der Waals surface area contributed by atoms with Gasteiger partial charge in [0.1, 0.15) is 12.2 Å². The molecule has 0 N–H and O–H groups in total. The highest BCUT2D eigenvalue weighted by atomic mass is 32.2. The Labute approximate surface area is 128 Å². The first kappa shape index (κ1) is 16.5. The van der Waals surface area contributed by atoms with Crippen LogP contribution in [-0.4, -0.2) is 49.0 Å². The van der Waals surface area contributed by atoms with Gasteiger partial charge in [0, 0.05) is 11.8 Å². The second-order valence-electron chi connectivity index (χ2n) is 6.12. The minimum Gasteiger partial charge on any atom is -0.748 e. The van der Waals surface area contributed by atoms with Gasteiger partial charge in [0.25, 0.3) is 0 Å². The maximum atomic E-state index is 12.8. The van der Waals surface area contributed by atoms with E-state index in [-0.39, 0.29) is 17.8 Å². The quantitative estimate of drug-likeness (QED) is 0.522. The summed E-state index contributed by atoms with van der Waals surface area (Å²) in [5, 5.41) is 0. The minimum absolute atomic E-state index is 0.183. The van der Waals surface area contributed by atoms with Crippen molar-refractivity contribution in [1.29, 1.82) is 0 Å². The number of alkyl halides is 3. The van der Waals surface area contributed by atoms with Crippen molar-refractivity contribution in [3.8, 4) is 0 Å². The van der Waals surface area contributed by atoms with Crippen LogP contribution >= 0.6 is 0 Å². The van der Waals surface area contributed by atoms with Crippen molar-refractivity contribution >= 4 is 22.1 Å². The molecule has 0 spiro atoms. The number of ether oxygens (including phenoxy) is 2. The smallest absolute Gasteiger partial charge is 0.403 e. The second kappa shape index (κ2) is 5.07. The van der Waals surface area contributed by atoms with Crippen LogP contribution in [0.5, 0.6) is 0 Å². The van der Waals surface area contributed by atoms with Crippen molar-refractivity contribution in [2.24, 2.45) is 23.7 Å². The molecule has 0 amide bonds. The Hall–Kier alpha value is -1.36. The van der Waals surface area contributed by atoms with E-state index in [9.17, 15) is 35.7 Å². The van der Waals surface area contributed by atoms with Crippen molar-refractivity contribution in [1.82, 2.24) is 0 Å². The van der Waals surface area contributed by atoms with Crippen molar-refractivity contribution in [3.63, 3.8) is 0 Å². The van der Waals surface area contributed by atoms with Crippen molar-refractivity contribution in [2.75, 3.05) is 5.75 Å². The monoisotopic (exact) mass is 357 g/mol. The lowest BCUT2D eigenvalue weighted by atomic mass is 9.88. The predicted octanol–water partition coefficient (Wildman–Crippen LogP) is 0.203. The summed E-state index contributed by atoms with van der Waals surface area (Å²) in [5.41, 5.74) is 0. The first-order valence-electron chi connectivity index (χ1n) is 6.88. The van der Waals surface area contributed by atoms with E-state index in [1.807, 2.05) is 0 Å². The second-order valence-corrected chi connectivity index (χ2v) is 7.57. The number of hydrogen-bond donors (Lipinski definition) is 0. The van der Waals surface area contributed by atoms with E-state index in [0.717, 1.165) is 0 Å². The fraction of sp³-hybridized carbons (Fsp3) is 0.833. The van der Waals surface area contributed by atoms with Crippen LogP contribution in [0.25, 0.3) is 0 Å². The molecule has 11 heteroatoms. The molecule has 2 saturated carbocycles. The summed E-state index contributed by atoms with van der Waals surface area (Å²) in [6.45, 7) is 0. The zero-order valence-electron chi connectivity index (χ0n) is 11.5. The number of halogens is 3. The van der Waals surface area contributed by atoms with Gasteiger partial charge in [0.2, 0.25) is 0 Å². The number of carbonyl (C=O) groups is 2. The van der Waals surface area contributed by atoms with Gasteiger partial charge < -0.3 is 14.0 Å². The summed E-state index contributed by atoms with van der Waals surface area (Å²) in [6.07, 6.45) is -6.15. The standard InChI is InChI=1S/C12H13F3O7S/c13-12(14,15)7(3-23(18,19)20)11(17)21-8-4-1-5-6(2-4)10(16)22-9(5)8/h4-9H,1-3H2,(H,18,19,20)/p-1. The Morgan fingerprint density at radius 2 is 2.04 bits per heavy atom. The molecule has 7 nitrogen and oxygen atoms in total. The molecular formula is C12H12F3O7S-. The van der Waals surface area contributed by atoms with Crippen molar-refractivity contribution in [3.05, 3.63) is 0 Å². The highest BCUT2D eigenvalue weighted by Crippen LogP contribution is 2.55. The third kappa shape index (κ3) is 2.91. The van der Waals surface area contributed by atoms with Gasteiger partial charge in [-0.2, -0.15) is 13.2 Å². The van der Waals surface area contributed by atoms with Crippen molar-refractivity contribution < 1.29 is 45.2 Å². The molecule has 0 aromatic heterocycles. The van der Waals surface area contributed by atoms with Gasteiger partial charge in [0.15, 0.2) is 5.92 Å². The fourth-order valence-corrected chi connectivity index (χ4v) is 4.51. The van der Waals surface area contributed by atoms with E-state index >= 15 is 0 Å². The highest BCUT2D eigenvalue weighted by molar-refractivity contribution is 7.85. The maximum absolute atomic E-state index is 12.8. The number of hydrogen-bond acceptors (Lipinski definition) is 7. The van der Waals surface area contributed by atoms with Crippen LogP contribution in [0.1, 0.15) is 12.8 Å². The van der Waals surface area contributed by atoms with E-state index in [4.69, 9.17) is 9.47 Å². The molecule has 6 unspecified atom stereocenters. The third-order valence-corrected chi connectivity index (χ3v) is 5.46. The average Bonchev–Trinajstić information content (AvgIpc) is 2.98. The molecule has 0 aromatic carbocycles. The molecular weight excluding hydrogens is 345 g/mol. The van der Waals surface area contributed by atoms with E-state index in [0.29, 0.717) is 12.8 Å². The lowest BCUT2D eigenvalue weighted by Gasteiger charge is -2.28. The first-order chi connectivity index (χ1) is 10.5. The van der Waals surface area contributed by atoms with Gasteiger partial charge in [-0.05, 0) is 12.8 Å². The Bertz CT molecular complexity index is 644. The summed E-state index contributed by atoms with van der Waals surface area (Å²) in [5.74, 6) is -8.01. The average molecular weight is 357 g/mol. The number of rotatable bonds is 4. The first-order valence-corrected chi connectivity index (χ1v) is 8.46. The zero-order valence-corrected chi connectivity index (χ0v) is 12.3. The van der Waals surface area contributed by atoms with Gasteiger partial charge >= 0.3 is 18.1 Å². The lowest BCUT2D eigenvalue weighted by Crippen LogP contribution is -2.43. The van der Waals surface area contributed by atoms with Gasteiger partial charge in [-0.15, -0.1) is 0 Å². The Kier molecular flexibility index (Phi) is 3.63. The molecule has 0 radical (unpaired) electrons. The van der Waals surface area contributed by atoms with Gasteiger partial charge in [-0.3, -0.25) is 9.59 Å². The molecule has 3 aliphatic rings. The van der Waals surface area contributed by atoms with E-state index < -0.39 is 52.1 Å². The molecule has 1 aliphatic heterocycles. The van der Waals surface area contributed by atoms with Gasteiger partial charge in [-0.1, -0.05) is 0 Å². The molecule has 3 rings (SSSR count). The molecule has 23 heavy (non-hydrogen) atoms. The summed E-state index contributed by atoms with van der Waals surface area (Å²) in [6, 6.07) is 0. The Morgan fingerprint density at radius 3 is 2.61 bits per heavy atom. The van der Waals surface area contributed by atoms with Crippen LogP contribution in [0, 0.1) is 23.7 Å². The van der Waals surface area contributed by atoms with Crippen LogP contribution < -0.4 is 0 Å². The van der Waals surface area contributed by atoms with E-state index in [1.54, 1.807) is 0 Å². The molecule has 3 fully saturated rings. The Balaban J connectivity index is 1.74. The maximum Gasteiger partial charge on any atom is 0.403 e. The lowest BCUT2D eigenvalue weighted by molar-refractivity contribution is -0.202. The largest absolute Gasteiger partial charge is 0.748 e. The summed E-state index contributed by atoms with van der Waals surface area (Å²) in [7, 11) is -5.27. The fourth-order valence-electron chi connectivity index (χ4n) is 3.78. The van der Waals surface area contributed by atoms with Crippen LogP contribution in [-0.2, 0) is 29.2 Å². The molecule has 130 valence electrons. The van der Waals surface area contributed by atoms with Gasteiger partial charge in [0.05, 0.1) is 21.8 Å². The summed E-state index contributed by atoms with van der Waals surface area (Å²) in [4.78, 5) is 23.3. The van der Waals surface area contributed by atoms with Crippen LogP contribution in [0.4, 0.5) is 13.2 Å². The third-order valence-electron chi connectivity index (χ3n) is 4.72. The number of esters is 2. The van der Waals surface area contributed by atoms with E-state index in [1.165, 1.54) is 0 Å². The summed E-state index contributed by atoms with van der Waals surface area (Å²) < 4.78 is 80.1. The van der Waals surface area contributed by atoms with E-state index in [2.05, 4.69) is 0 Å². The topological polar surface area (TPSA) is 110 Å². The molecule has 6 atom stereocenters. The zero-order chi connectivity index (χ0) is 17.2. The number of fused-ring (bicyclic) bond motifs is 1. The SMILES string of the molecule is O=C1OC2C3CC(CC13)C2OC(=O)C(CS(=O)(=O)[O-])C(F)(F)F. The number of carbonyl (C=O) groups excluding carboxylic acids is 2. The minimum atomic E-state index is -5.27. The molecule has 1 saturated heterocycles. The van der Waals surface area contributed by atoms with Crippen LogP contribution in [0.3, 0.4) is 0 Å².